The summed E-state index contributed by atoms with van der Waals surface area (Å²) in [6.07, 6.45) is 1.41. The summed E-state index contributed by atoms with van der Waals surface area (Å²) in [5, 5.41) is 2.81. The molecule has 1 aromatic carbocycles. The minimum Gasteiger partial charge on any atom is -0.377 e. The van der Waals surface area contributed by atoms with Crippen LogP contribution in [0.1, 0.15) is 25.3 Å². The predicted octanol–water partition coefficient (Wildman–Crippen LogP) is 2.12. The fraction of sp³-hybridized carbons (Fsp3) is 0.462. The van der Waals surface area contributed by atoms with E-state index in [0.29, 0.717) is 26.2 Å². The van der Waals surface area contributed by atoms with Crippen molar-refractivity contribution in [1.82, 2.24) is 5.32 Å². The molecule has 0 aliphatic carbocycles. The lowest BCUT2D eigenvalue weighted by atomic mass is 10.2. The first kappa shape index (κ1) is 12.7. The van der Waals surface area contributed by atoms with Crippen molar-refractivity contribution in [1.29, 1.82) is 0 Å². The van der Waals surface area contributed by atoms with Crippen molar-refractivity contribution in [3.05, 3.63) is 35.9 Å². The van der Waals surface area contributed by atoms with Gasteiger partial charge in [0.25, 0.3) is 0 Å². The number of ether oxygens (including phenoxy) is 1. The highest BCUT2D eigenvalue weighted by Gasteiger charge is 1.95. The molecule has 0 fully saturated rings. The highest BCUT2D eigenvalue weighted by atomic mass is 16.5. The summed E-state index contributed by atoms with van der Waals surface area (Å²) in [6, 6.07) is 10.1. The number of carbonyl (C=O) groups is 1. The Balaban J connectivity index is 1.98. The smallest absolute Gasteiger partial charge is 0.219 e. The molecule has 88 valence electrons. The summed E-state index contributed by atoms with van der Waals surface area (Å²) in [4.78, 5) is 10.9. The standard InChI is InChI=1S/C13H19NO2/c1-2-13(15)14-9-6-10-16-11-12-7-4-3-5-8-12/h3-5,7-8H,2,6,9-11H2,1H3,(H,14,15). The van der Waals surface area contributed by atoms with Gasteiger partial charge in [0, 0.05) is 19.6 Å². The summed E-state index contributed by atoms with van der Waals surface area (Å²) in [6.45, 7) is 3.87. The van der Waals surface area contributed by atoms with Gasteiger partial charge in [0.2, 0.25) is 5.91 Å². The minimum atomic E-state index is 0.100. The maximum absolute atomic E-state index is 10.9. The first-order chi connectivity index (χ1) is 7.83. The summed E-state index contributed by atoms with van der Waals surface area (Å²) in [5.74, 6) is 0.100. The average Bonchev–Trinajstić information content (AvgIpc) is 2.34. The van der Waals surface area contributed by atoms with Crippen molar-refractivity contribution in [3.63, 3.8) is 0 Å². The highest BCUT2D eigenvalue weighted by Crippen LogP contribution is 2.00. The second-order valence-corrected chi connectivity index (χ2v) is 3.60. The molecule has 1 amide bonds. The van der Waals surface area contributed by atoms with Crippen LogP contribution in [-0.2, 0) is 16.1 Å². The van der Waals surface area contributed by atoms with E-state index in [4.69, 9.17) is 4.74 Å². The number of rotatable bonds is 7. The maximum Gasteiger partial charge on any atom is 0.219 e. The van der Waals surface area contributed by atoms with Crippen molar-refractivity contribution >= 4 is 5.91 Å². The third kappa shape index (κ3) is 5.51. The number of benzene rings is 1. The summed E-state index contributed by atoms with van der Waals surface area (Å²) in [7, 11) is 0. The molecule has 0 bridgehead atoms. The molecule has 0 spiro atoms. The lowest BCUT2D eigenvalue weighted by molar-refractivity contribution is -0.120. The Hall–Kier alpha value is -1.35. The molecule has 0 saturated carbocycles. The van der Waals surface area contributed by atoms with Gasteiger partial charge in [-0.3, -0.25) is 4.79 Å². The van der Waals surface area contributed by atoms with Crippen molar-refractivity contribution in [2.75, 3.05) is 13.2 Å². The zero-order chi connectivity index (χ0) is 11.6. The van der Waals surface area contributed by atoms with Crippen LogP contribution < -0.4 is 5.32 Å². The van der Waals surface area contributed by atoms with Crippen LogP contribution in [0.25, 0.3) is 0 Å². The molecule has 1 N–H and O–H groups in total. The van der Waals surface area contributed by atoms with Crippen molar-refractivity contribution in [3.8, 4) is 0 Å². The molecule has 0 aromatic heterocycles. The normalized spacial score (nSPS) is 10.1. The van der Waals surface area contributed by atoms with Gasteiger partial charge in [0.15, 0.2) is 0 Å². The predicted molar refractivity (Wildman–Crippen MR) is 64.0 cm³/mol. The number of carbonyl (C=O) groups excluding carboxylic acids is 1. The van der Waals surface area contributed by atoms with E-state index in [1.54, 1.807) is 0 Å². The van der Waals surface area contributed by atoms with E-state index in [9.17, 15) is 4.79 Å². The zero-order valence-corrected chi connectivity index (χ0v) is 9.74. The molecule has 16 heavy (non-hydrogen) atoms. The molecule has 0 unspecified atom stereocenters. The Morgan fingerprint density at radius 3 is 2.75 bits per heavy atom. The second-order valence-electron chi connectivity index (χ2n) is 3.60. The Morgan fingerprint density at radius 2 is 2.06 bits per heavy atom. The van der Waals surface area contributed by atoms with Crippen molar-refractivity contribution in [2.45, 2.75) is 26.4 Å². The third-order valence-electron chi connectivity index (χ3n) is 2.22. The first-order valence-corrected chi connectivity index (χ1v) is 5.71. The Labute approximate surface area is 96.8 Å². The molecule has 0 heterocycles. The van der Waals surface area contributed by atoms with Gasteiger partial charge in [0.1, 0.15) is 0 Å². The van der Waals surface area contributed by atoms with Gasteiger partial charge in [-0.2, -0.15) is 0 Å². The molecule has 0 atom stereocenters. The van der Waals surface area contributed by atoms with Gasteiger partial charge in [-0.25, -0.2) is 0 Å². The Bertz CT molecular complexity index is 298. The van der Waals surface area contributed by atoms with Crippen LogP contribution in [-0.4, -0.2) is 19.1 Å². The lowest BCUT2D eigenvalue weighted by Crippen LogP contribution is -2.24. The van der Waals surface area contributed by atoms with E-state index in [1.807, 2.05) is 37.3 Å². The van der Waals surface area contributed by atoms with E-state index in [0.717, 1.165) is 6.42 Å². The molecule has 1 aromatic rings. The molecule has 0 aliphatic rings. The van der Waals surface area contributed by atoms with E-state index in [2.05, 4.69) is 5.32 Å². The topological polar surface area (TPSA) is 38.3 Å². The molecule has 0 saturated heterocycles. The number of amides is 1. The summed E-state index contributed by atoms with van der Waals surface area (Å²) in [5.41, 5.74) is 1.18. The van der Waals surface area contributed by atoms with Crippen LogP contribution in [0, 0.1) is 0 Å². The van der Waals surface area contributed by atoms with Crippen LogP contribution in [0.2, 0.25) is 0 Å². The van der Waals surface area contributed by atoms with Gasteiger partial charge in [0.05, 0.1) is 6.61 Å². The monoisotopic (exact) mass is 221 g/mol. The number of hydrogen-bond donors (Lipinski definition) is 1. The van der Waals surface area contributed by atoms with E-state index in [-0.39, 0.29) is 5.91 Å². The quantitative estimate of drug-likeness (QED) is 0.716. The van der Waals surface area contributed by atoms with E-state index >= 15 is 0 Å². The van der Waals surface area contributed by atoms with Crippen molar-refractivity contribution < 1.29 is 9.53 Å². The van der Waals surface area contributed by atoms with Gasteiger partial charge in [-0.1, -0.05) is 37.3 Å². The average molecular weight is 221 g/mol. The van der Waals surface area contributed by atoms with Gasteiger partial charge in [-0.15, -0.1) is 0 Å². The molecular weight excluding hydrogens is 202 g/mol. The second kappa shape index (κ2) is 7.88. The lowest BCUT2D eigenvalue weighted by Gasteiger charge is -2.05. The molecular formula is C13H19NO2. The summed E-state index contributed by atoms with van der Waals surface area (Å²) >= 11 is 0. The van der Waals surface area contributed by atoms with Gasteiger partial charge >= 0.3 is 0 Å². The van der Waals surface area contributed by atoms with Gasteiger partial charge < -0.3 is 10.1 Å². The van der Waals surface area contributed by atoms with Crippen LogP contribution in [0.15, 0.2) is 30.3 Å². The van der Waals surface area contributed by atoms with Crippen LogP contribution in [0.3, 0.4) is 0 Å². The number of nitrogens with one attached hydrogen (secondary N) is 1. The van der Waals surface area contributed by atoms with Crippen LogP contribution >= 0.6 is 0 Å². The highest BCUT2D eigenvalue weighted by molar-refractivity contribution is 5.75. The van der Waals surface area contributed by atoms with Crippen LogP contribution in [0.4, 0.5) is 0 Å². The molecule has 1 rings (SSSR count). The van der Waals surface area contributed by atoms with E-state index < -0.39 is 0 Å². The Morgan fingerprint density at radius 1 is 1.31 bits per heavy atom. The van der Waals surface area contributed by atoms with Crippen molar-refractivity contribution in [2.24, 2.45) is 0 Å². The van der Waals surface area contributed by atoms with Crippen LogP contribution in [0.5, 0.6) is 0 Å². The SMILES string of the molecule is CCC(=O)NCCCOCc1ccccc1. The molecule has 3 heteroatoms. The van der Waals surface area contributed by atoms with Gasteiger partial charge in [-0.05, 0) is 12.0 Å². The molecule has 0 radical (unpaired) electrons. The summed E-state index contributed by atoms with van der Waals surface area (Å²) < 4.78 is 5.48. The molecule has 3 nitrogen and oxygen atoms in total. The minimum absolute atomic E-state index is 0.100. The third-order valence-corrected chi connectivity index (χ3v) is 2.22. The fourth-order valence-electron chi connectivity index (χ4n) is 1.29. The number of hydrogen-bond acceptors (Lipinski definition) is 2. The zero-order valence-electron chi connectivity index (χ0n) is 9.74. The van der Waals surface area contributed by atoms with E-state index in [1.165, 1.54) is 5.56 Å². The first-order valence-electron chi connectivity index (χ1n) is 5.71. The Kier molecular flexibility index (Phi) is 6.26. The fourth-order valence-corrected chi connectivity index (χ4v) is 1.29. The maximum atomic E-state index is 10.9. The molecule has 0 aliphatic heterocycles. The largest absolute Gasteiger partial charge is 0.377 e.